The summed E-state index contributed by atoms with van der Waals surface area (Å²) >= 11 is 0. The van der Waals surface area contributed by atoms with Crippen LogP contribution >= 0.6 is 0 Å². The highest BCUT2D eigenvalue weighted by Crippen LogP contribution is 2.07. The van der Waals surface area contributed by atoms with E-state index in [0.717, 1.165) is 4.31 Å². The van der Waals surface area contributed by atoms with E-state index in [2.05, 4.69) is 0 Å². The Labute approximate surface area is 90.1 Å². The van der Waals surface area contributed by atoms with Crippen LogP contribution in [0.3, 0.4) is 0 Å². The Morgan fingerprint density at radius 1 is 1.53 bits per heavy atom. The molecule has 1 atom stereocenters. The van der Waals surface area contributed by atoms with Gasteiger partial charge in [0.1, 0.15) is 0 Å². The first-order valence-corrected chi connectivity index (χ1v) is 5.99. The normalized spacial score (nSPS) is 13.8. The Morgan fingerprint density at radius 2 is 2.13 bits per heavy atom. The lowest BCUT2D eigenvalue weighted by molar-refractivity contribution is 0.168. The molecule has 1 N–H and O–H groups in total. The zero-order chi connectivity index (χ0) is 11.9. The summed E-state index contributed by atoms with van der Waals surface area (Å²) in [5.41, 5.74) is 0. The molecule has 0 heterocycles. The predicted molar refractivity (Wildman–Crippen MR) is 54.5 cm³/mol. The molecule has 0 saturated heterocycles. The number of aliphatic hydroxyl groups excluding tert-OH is 1. The minimum absolute atomic E-state index is 0.0162. The number of rotatable bonds is 7. The summed E-state index contributed by atoms with van der Waals surface area (Å²) in [6, 6.07) is 1.67. The molecule has 15 heavy (non-hydrogen) atoms. The quantitative estimate of drug-likeness (QED) is 0.623. The van der Waals surface area contributed by atoms with Crippen molar-refractivity contribution in [3.8, 4) is 6.07 Å². The number of sulfonamides is 1. The third-order valence-electron chi connectivity index (χ3n) is 1.88. The zero-order valence-corrected chi connectivity index (χ0v) is 9.70. The van der Waals surface area contributed by atoms with Crippen LogP contribution in [0.15, 0.2) is 0 Å². The van der Waals surface area contributed by atoms with Gasteiger partial charge >= 0.3 is 0 Å². The first-order chi connectivity index (χ1) is 7.00. The molecule has 0 rings (SSSR count). The van der Waals surface area contributed by atoms with Gasteiger partial charge in [0.05, 0.1) is 19.3 Å². The second-order valence-electron chi connectivity index (χ2n) is 2.93. The van der Waals surface area contributed by atoms with Crippen LogP contribution in [0, 0.1) is 11.3 Å². The van der Waals surface area contributed by atoms with Gasteiger partial charge in [0.15, 0.2) is 5.25 Å². The highest BCUT2D eigenvalue weighted by atomic mass is 32.2. The van der Waals surface area contributed by atoms with Crippen molar-refractivity contribution in [2.24, 2.45) is 0 Å². The maximum atomic E-state index is 11.7. The van der Waals surface area contributed by atoms with Gasteiger partial charge in [0.2, 0.25) is 10.0 Å². The molecule has 0 aliphatic heterocycles. The molecule has 6 nitrogen and oxygen atoms in total. The molecule has 7 heteroatoms. The second kappa shape index (κ2) is 6.74. The van der Waals surface area contributed by atoms with E-state index < -0.39 is 15.3 Å². The average molecular weight is 236 g/mol. The van der Waals surface area contributed by atoms with E-state index in [9.17, 15) is 8.42 Å². The summed E-state index contributed by atoms with van der Waals surface area (Å²) in [5.74, 6) is 0. The van der Waals surface area contributed by atoms with Crippen LogP contribution in [0.2, 0.25) is 0 Å². The molecule has 0 aliphatic rings. The molecule has 0 aromatic heterocycles. The van der Waals surface area contributed by atoms with Crippen LogP contribution in [-0.2, 0) is 14.8 Å². The van der Waals surface area contributed by atoms with Gasteiger partial charge in [-0.25, -0.2) is 8.42 Å². The number of nitrogens with zero attached hydrogens (tertiary/aromatic N) is 2. The lowest BCUT2D eigenvalue weighted by Crippen LogP contribution is -2.40. The van der Waals surface area contributed by atoms with Crippen molar-refractivity contribution in [1.29, 1.82) is 5.26 Å². The summed E-state index contributed by atoms with van der Waals surface area (Å²) in [6.45, 7) is 1.40. The summed E-state index contributed by atoms with van der Waals surface area (Å²) in [5, 5.41) is 16.2. The van der Waals surface area contributed by atoms with Crippen LogP contribution < -0.4 is 0 Å². The van der Waals surface area contributed by atoms with Crippen molar-refractivity contribution in [2.75, 3.05) is 33.4 Å². The summed E-state index contributed by atoms with van der Waals surface area (Å²) < 4.78 is 29.2. The van der Waals surface area contributed by atoms with E-state index in [4.69, 9.17) is 15.1 Å². The molecule has 0 radical (unpaired) electrons. The lowest BCUT2D eigenvalue weighted by atomic mass is 10.5. The summed E-state index contributed by atoms with van der Waals surface area (Å²) in [6.07, 6.45) is 0. The van der Waals surface area contributed by atoms with Crippen LogP contribution in [0.5, 0.6) is 0 Å². The third-order valence-corrected chi connectivity index (χ3v) is 3.97. The molecule has 0 fully saturated rings. The van der Waals surface area contributed by atoms with E-state index in [1.807, 2.05) is 0 Å². The van der Waals surface area contributed by atoms with Gasteiger partial charge in [-0.05, 0) is 6.92 Å². The van der Waals surface area contributed by atoms with E-state index in [1.54, 1.807) is 6.07 Å². The van der Waals surface area contributed by atoms with Gasteiger partial charge in [0, 0.05) is 20.2 Å². The van der Waals surface area contributed by atoms with E-state index in [0.29, 0.717) is 0 Å². The van der Waals surface area contributed by atoms with E-state index in [1.165, 1.54) is 14.0 Å². The Bertz CT molecular complexity index is 309. The average Bonchev–Trinajstić information content (AvgIpc) is 2.22. The van der Waals surface area contributed by atoms with Crippen LogP contribution in [0.4, 0.5) is 0 Å². The van der Waals surface area contributed by atoms with E-state index >= 15 is 0 Å². The molecule has 0 bridgehead atoms. The fraction of sp³-hybridized carbons (Fsp3) is 0.875. The Morgan fingerprint density at radius 3 is 2.53 bits per heavy atom. The molecular formula is C8H16N2O4S. The number of methoxy groups -OCH3 is 1. The first kappa shape index (κ1) is 14.3. The molecule has 0 aromatic carbocycles. The Hall–Kier alpha value is -0.680. The number of aliphatic hydroxyl groups is 1. The number of hydrogen-bond acceptors (Lipinski definition) is 5. The Balaban J connectivity index is 4.67. The van der Waals surface area contributed by atoms with Crippen molar-refractivity contribution >= 4 is 10.0 Å². The minimum atomic E-state index is -3.65. The monoisotopic (exact) mass is 236 g/mol. The molecule has 0 spiro atoms. The van der Waals surface area contributed by atoms with Gasteiger partial charge < -0.3 is 9.84 Å². The molecule has 88 valence electrons. The molecule has 0 aliphatic carbocycles. The maximum absolute atomic E-state index is 11.7. The summed E-state index contributed by atoms with van der Waals surface area (Å²) in [4.78, 5) is 0. The largest absolute Gasteiger partial charge is 0.395 e. The molecular weight excluding hydrogens is 220 g/mol. The Kier molecular flexibility index (Phi) is 6.43. The second-order valence-corrected chi connectivity index (χ2v) is 5.19. The molecule has 0 amide bonds. The molecule has 1 unspecified atom stereocenters. The topological polar surface area (TPSA) is 90.6 Å². The van der Waals surface area contributed by atoms with Crippen LogP contribution in [0.1, 0.15) is 6.92 Å². The highest BCUT2D eigenvalue weighted by molar-refractivity contribution is 7.89. The van der Waals surface area contributed by atoms with Crippen LogP contribution in [0.25, 0.3) is 0 Å². The van der Waals surface area contributed by atoms with Crippen LogP contribution in [-0.4, -0.2) is 56.5 Å². The van der Waals surface area contributed by atoms with Gasteiger partial charge in [-0.15, -0.1) is 0 Å². The first-order valence-electron chi connectivity index (χ1n) is 4.49. The third kappa shape index (κ3) is 4.13. The maximum Gasteiger partial charge on any atom is 0.230 e. The highest BCUT2D eigenvalue weighted by Gasteiger charge is 2.27. The number of hydrogen-bond donors (Lipinski definition) is 1. The lowest BCUT2D eigenvalue weighted by Gasteiger charge is -2.21. The predicted octanol–water partition coefficient (Wildman–Crippen LogP) is -0.831. The minimum Gasteiger partial charge on any atom is -0.395 e. The smallest absolute Gasteiger partial charge is 0.230 e. The van der Waals surface area contributed by atoms with Crippen molar-refractivity contribution < 1.29 is 18.3 Å². The molecule has 0 saturated carbocycles. The van der Waals surface area contributed by atoms with Gasteiger partial charge in [-0.2, -0.15) is 9.57 Å². The van der Waals surface area contributed by atoms with E-state index in [-0.39, 0.29) is 26.3 Å². The zero-order valence-electron chi connectivity index (χ0n) is 8.88. The van der Waals surface area contributed by atoms with Gasteiger partial charge in [0.25, 0.3) is 0 Å². The van der Waals surface area contributed by atoms with Crippen molar-refractivity contribution in [1.82, 2.24) is 4.31 Å². The van der Waals surface area contributed by atoms with Gasteiger partial charge in [-0.1, -0.05) is 0 Å². The SMILES string of the molecule is COCCN(CCO)S(=O)(=O)C(C)C#N. The van der Waals surface area contributed by atoms with Crippen molar-refractivity contribution in [3.05, 3.63) is 0 Å². The van der Waals surface area contributed by atoms with Gasteiger partial charge in [-0.3, -0.25) is 0 Å². The number of ether oxygens (including phenoxy) is 1. The van der Waals surface area contributed by atoms with Crippen molar-refractivity contribution in [2.45, 2.75) is 12.2 Å². The summed E-state index contributed by atoms with van der Waals surface area (Å²) in [7, 11) is -2.20. The fourth-order valence-electron chi connectivity index (χ4n) is 0.961. The van der Waals surface area contributed by atoms with Crippen molar-refractivity contribution in [3.63, 3.8) is 0 Å². The standard InChI is InChI=1S/C8H16N2O4S/c1-8(7-9)15(12,13)10(3-5-11)4-6-14-2/h8,11H,3-6H2,1-2H3. The number of nitriles is 1. The molecule has 0 aromatic rings. The fourth-order valence-corrected chi connectivity index (χ4v) is 2.21.